The second kappa shape index (κ2) is 6.40. The van der Waals surface area contributed by atoms with Crippen LogP contribution in [0.3, 0.4) is 0 Å². The zero-order chi connectivity index (χ0) is 18.1. The smallest absolute Gasteiger partial charge is 0.264 e. The number of primary amides is 1. The van der Waals surface area contributed by atoms with Gasteiger partial charge in [0.15, 0.2) is 0 Å². The number of hydrogen-bond acceptors (Lipinski definition) is 5. The van der Waals surface area contributed by atoms with E-state index < -0.39 is 24.0 Å². The molecule has 24 heavy (non-hydrogen) atoms. The van der Waals surface area contributed by atoms with E-state index in [0.717, 1.165) is 4.09 Å². The molecule has 1 aromatic carbocycles. The van der Waals surface area contributed by atoms with Gasteiger partial charge in [-0.2, -0.15) is 9.19 Å². The minimum absolute atomic E-state index is 0.0653. The van der Waals surface area contributed by atoms with E-state index in [-0.39, 0.29) is 11.4 Å². The van der Waals surface area contributed by atoms with Gasteiger partial charge in [0.1, 0.15) is 0 Å². The van der Waals surface area contributed by atoms with Crippen LogP contribution in [0.5, 0.6) is 0 Å². The van der Waals surface area contributed by atoms with Crippen molar-refractivity contribution in [1.29, 1.82) is 0 Å². The van der Waals surface area contributed by atoms with E-state index in [1.807, 2.05) is 0 Å². The highest BCUT2D eigenvalue weighted by Gasteiger charge is 2.22. The monoisotopic (exact) mass is 366 g/mol. The normalized spacial score (nSPS) is 13.4. The van der Waals surface area contributed by atoms with E-state index in [1.54, 1.807) is 18.2 Å². The molecule has 0 saturated carbocycles. The Labute approximate surface area is 142 Å². The van der Waals surface area contributed by atoms with E-state index in [4.69, 9.17) is 11.5 Å². The molecule has 0 aliphatic heterocycles. The van der Waals surface area contributed by atoms with Crippen molar-refractivity contribution >= 4 is 41.0 Å². The first-order chi connectivity index (χ1) is 11.0. The molecule has 0 fully saturated rings. The first-order valence-electron chi connectivity index (χ1n) is 7.48. The van der Waals surface area contributed by atoms with Crippen LogP contribution in [-0.4, -0.2) is 37.3 Å². The highest BCUT2D eigenvalue weighted by atomic mass is 32.2. The molecule has 2 rings (SSSR count). The summed E-state index contributed by atoms with van der Waals surface area (Å²) in [5.74, 6) is -0.629. The van der Waals surface area contributed by atoms with Crippen molar-refractivity contribution in [3.8, 4) is 0 Å². The van der Waals surface area contributed by atoms with Crippen LogP contribution in [0.15, 0.2) is 30.1 Å². The Kier molecular flexibility index (Phi) is 4.86. The maximum atomic E-state index is 12.5. The lowest BCUT2D eigenvalue weighted by Gasteiger charge is -2.15. The maximum Gasteiger partial charge on any atom is 0.264 e. The zero-order valence-electron chi connectivity index (χ0n) is 14.0. The van der Waals surface area contributed by atoms with Gasteiger partial charge in [-0.05, 0) is 29.8 Å². The lowest BCUT2D eigenvalue weighted by molar-refractivity contribution is -0.114. The van der Waals surface area contributed by atoms with Crippen LogP contribution >= 0.6 is 0 Å². The van der Waals surface area contributed by atoms with Gasteiger partial charge in [-0.1, -0.05) is 25.7 Å². The highest BCUT2D eigenvalue weighted by Crippen LogP contribution is 2.20. The molecular formula is C15H22N4O3SSi. The minimum Gasteiger partial charge on any atom is -0.394 e. The molecule has 1 aromatic heterocycles. The Bertz CT molecular complexity index is 910. The number of hydrogen-bond donors (Lipinski definition) is 2. The van der Waals surface area contributed by atoms with Gasteiger partial charge in [0.25, 0.3) is 15.9 Å². The van der Waals surface area contributed by atoms with Crippen molar-refractivity contribution in [2.24, 2.45) is 11.5 Å². The number of benzene rings is 1. The summed E-state index contributed by atoms with van der Waals surface area (Å²) in [5.41, 5.74) is 11.7. The summed E-state index contributed by atoms with van der Waals surface area (Å²) in [6, 6.07) is 5.70. The van der Waals surface area contributed by atoms with Crippen LogP contribution in [-0.2, 0) is 14.8 Å². The molecule has 0 saturated heterocycles. The van der Waals surface area contributed by atoms with Crippen LogP contribution < -0.4 is 11.5 Å². The van der Waals surface area contributed by atoms with Crippen molar-refractivity contribution in [2.75, 3.05) is 5.75 Å². The predicted octanol–water partition coefficient (Wildman–Crippen LogP) is 1.34. The molecule has 1 amide bonds. The molecule has 0 atom stereocenters. The molecule has 7 nitrogen and oxygen atoms in total. The Morgan fingerprint density at radius 2 is 1.96 bits per heavy atom. The third-order valence-electron chi connectivity index (χ3n) is 3.54. The summed E-state index contributed by atoms with van der Waals surface area (Å²) in [6.07, 6.45) is 2.93. The Hall–Kier alpha value is -2.13. The van der Waals surface area contributed by atoms with Gasteiger partial charge >= 0.3 is 0 Å². The van der Waals surface area contributed by atoms with Gasteiger partial charge in [0.05, 0.1) is 23.2 Å². The van der Waals surface area contributed by atoms with Gasteiger partial charge in [-0.3, -0.25) is 4.79 Å². The van der Waals surface area contributed by atoms with Crippen LogP contribution in [0.2, 0.25) is 25.7 Å². The summed E-state index contributed by atoms with van der Waals surface area (Å²) in [4.78, 5) is 11.0. The van der Waals surface area contributed by atoms with Gasteiger partial charge in [-0.15, -0.1) is 0 Å². The molecule has 9 heteroatoms. The van der Waals surface area contributed by atoms with Crippen LogP contribution in [0.1, 0.15) is 5.56 Å². The fourth-order valence-electron chi connectivity index (χ4n) is 2.11. The summed E-state index contributed by atoms with van der Waals surface area (Å²) in [7, 11) is -4.97. The molecule has 0 radical (unpaired) electrons. The highest BCUT2D eigenvalue weighted by molar-refractivity contribution is 7.90. The molecular weight excluding hydrogens is 344 g/mol. The number of aromatic nitrogens is 2. The van der Waals surface area contributed by atoms with E-state index >= 15 is 0 Å². The predicted molar refractivity (Wildman–Crippen MR) is 98.4 cm³/mol. The molecule has 0 bridgehead atoms. The maximum absolute atomic E-state index is 12.5. The molecule has 0 aliphatic carbocycles. The number of amides is 1. The van der Waals surface area contributed by atoms with E-state index in [0.29, 0.717) is 22.5 Å². The fourth-order valence-corrected chi connectivity index (χ4v) is 6.42. The third-order valence-corrected chi connectivity index (χ3v) is 7.19. The van der Waals surface area contributed by atoms with Gasteiger partial charge < -0.3 is 11.5 Å². The fraction of sp³-hybridized carbons (Fsp3) is 0.333. The van der Waals surface area contributed by atoms with Crippen LogP contribution in [0, 0.1) is 0 Å². The van der Waals surface area contributed by atoms with E-state index in [1.165, 1.54) is 12.3 Å². The van der Waals surface area contributed by atoms with Crippen molar-refractivity contribution in [3.05, 3.63) is 35.7 Å². The second-order valence-corrected chi connectivity index (χ2v) is 14.4. The standard InChI is InChI=1S/C15H22N4O3SSi/c1-24(2,3)7-6-23(21,22)19-14-5-4-11(8-12(14)10-18-19)9-13(16)15(17)20/h4-5,8-10H,6-7,16H2,1-3H3,(H2,17,20). The van der Waals surface area contributed by atoms with Gasteiger partial charge in [0.2, 0.25) is 0 Å². The first kappa shape index (κ1) is 18.2. The second-order valence-electron chi connectivity index (χ2n) is 6.90. The SMILES string of the molecule is C[Si](C)(C)CCS(=O)(=O)n1ncc2cc(C=C(N)C(N)=O)ccc21. The van der Waals surface area contributed by atoms with Gasteiger partial charge in [-0.25, -0.2) is 8.42 Å². The molecule has 0 spiro atoms. The number of fused-ring (bicyclic) bond motifs is 1. The number of rotatable bonds is 6. The average Bonchev–Trinajstić information content (AvgIpc) is 2.88. The lowest BCUT2D eigenvalue weighted by Crippen LogP contribution is -2.27. The molecule has 1 heterocycles. The lowest BCUT2D eigenvalue weighted by atomic mass is 10.1. The van der Waals surface area contributed by atoms with E-state index in [9.17, 15) is 13.2 Å². The van der Waals surface area contributed by atoms with Crippen LogP contribution in [0.4, 0.5) is 0 Å². The quantitative estimate of drug-likeness (QED) is 0.590. The Balaban J connectivity index is 2.38. The van der Waals surface area contributed by atoms with Crippen molar-refractivity contribution in [2.45, 2.75) is 25.7 Å². The van der Waals surface area contributed by atoms with E-state index in [2.05, 4.69) is 24.7 Å². The number of nitrogens with two attached hydrogens (primary N) is 2. The largest absolute Gasteiger partial charge is 0.394 e. The number of carbonyl (C=O) groups is 1. The molecule has 4 N–H and O–H groups in total. The molecule has 2 aromatic rings. The van der Waals surface area contributed by atoms with Gasteiger partial charge in [0, 0.05) is 13.5 Å². The summed E-state index contributed by atoms with van der Waals surface area (Å²) in [5, 5.41) is 4.67. The van der Waals surface area contributed by atoms with Crippen molar-refractivity contribution in [3.63, 3.8) is 0 Å². The Morgan fingerprint density at radius 3 is 2.54 bits per heavy atom. The summed E-state index contributed by atoms with van der Waals surface area (Å²) < 4.78 is 26.1. The Morgan fingerprint density at radius 1 is 1.29 bits per heavy atom. The number of carbonyl (C=O) groups excluding carboxylic acids is 1. The van der Waals surface area contributed by atoms with Crippen LogP contribution in [0.25, 0.3) is 17.0 Å². The molecule has 0 aliphatic rings. The zero-order valence-corrected chi connectivity index (χ0v) is 15.8. The first-order valence-corrected chi connectivity index (χ1v) is 12.8. The molecule has 130 valence electrons. The average molecular weight is 367 g/mol. The van der Waals surface area contributed by atoms with Crippen molar-refractivity contribution in [1.82, 2.24) is 9.19 Å². The molecule has 0 unspecified atom stereocenters. The third kappa shape index (κ3) is 4.23. The summed E-state index contributed by atoms with van der Waals surface area (Å²) >= 11 is 0. The summed E-state index contributed by atoms with van der Waals surface area (Å²) in [6.45, 7) is 6.39. The minimum atomic E-state index is -3.50. The topological polar surface area (TPSA) is 121 Å². The number of nitrogens with zero attached hydrogens (tertiary/aromatic N) is 2. The van der Waals surface area contributed by atoms with Crippen molar-refractivity contribution < 1.29 is 13.2 Å².